The highest BCUT2D eigenvalue weighted by molar-refractivity contribution is 9.10. The molecule has 0 fully saturated rings. The van der Waals surface area contributed by atoms with Gasteiger partial charge in [-0.05, 0) is 60.0 Å². The fourth-order valence-electron chi connectivity index (χ4n) is 2.21. The summed E-state index contributed by atoms with van der Waals surface area (Å²) >= 11 is 3.61. The van der Waals surface area contributed by atoms with E-state index in [1.165, 1.54) is 12.1 Å². The van der Waals surface area contributed by atoms with Crippen molar-refractivity contribution < 1.29 is 4.39 Å². The maximum absolute atomic E-state index is 13.4. The zero-order valence-corrected chi connectivity index (χ0v) is 13.6. The van der Waals surface area contributed by atoms with E-state index in [0.29, 0.717) is 6.54 Å². The van der Waals surface area contributed by atoms with Crippen LogP contribution in [0.5, 0.6) is 0 Å². The van der Waals surface area contributed by atoms with Crippen molar-refractivity contribution in [2.45, 2.75) is 40.3 Å². The maximum atomic E-state index is 13.4. The van der Waals surface area contributed by atoms with E-state index in [1.807, 2.05) is 17.7 Å². The van der Waals surface area contributed by atoms with Gasteiger partial charge in [0.05, 0.1) is 22.4 Å². The summed E-state index contributed by atoms with van der Waals surface area (Å²) in [6, 6.07) is 4.96. The molecule has 0 bridgehead atoms. The molecule has 0 saturated heterocycles. The highest BCUT2D eigenvalue weighted by Gasteiger charge is 2.13. The van der Waals surface area contributed by atoms with Gasteiger partial charge in [0.2, 0.25) is 0 Å². The first-order valence-corrected chi connectivity index (χ1v) is 7.59. The molecule has 0 spiro atoms. The number of hydrogen-bond donors (Lipinski definition) is 1. The Morgan fingerprint density at radius 1 is 1.30 bits per heavy atom. The number of anilines is 1. The lowest BCUT2D eigenvalue weighted by molar-refractivity contribution is 0.617. The average Bonchev–Trinajstić information content (AvgIpc) is 2.71. The predicted molar refractivity (Wildman–Crippen MR) is 83.4 cm³/mol. The average molecular weight is 340 g/mol. The van der Waals surface area contributed by atoms with Crippen molar-refractivity contribution >= 4 is 21.6 Å². The number of nitrogens with one attached hydrogen (secondary N) is 1. The molecule has 0 saturated carbocycles. The molecular weight excluding hydrogens is 321 g/mol. The second-order valence-corrected chi connectivity index (χ2v) is 5.54. The Labute approximate surface area is 127 Å². The van der Waals surface area contributed by atoms with E-state index in [0.717, 1.165) is 40.1 Å². The van der Waals surface area contributed by atoms with Crippen LogP contribution in [-0.2, 0) is 19.5 Å². The molecular formula is C15H19BrFN3. The van der Waals surface area contributed by atoms with Gasteiger partial charge in [0.25, 0.3) is 0 Å². The van der Waals surface area contributed by atoms with Crippen molar-refractivity contribution in [2.75, 3.05) is 5.32 Å². The fourth-order valence-corrected chi connectivity index (χ4v) is 2.91. The van der Waals surface area contributed by atoms with E-state index >= 15 is 0 Å². The lowest BCUT2D eigenvalue weighted by Gasteiger charge is -2.09. The third-order valence-electron chi connectivity index (χ3n) is 3.20. The van der Waals surface area contributed by atoms with Gasteiger partial charge in [-0.25, -0.2) is 4.39 Å². The SMILES string of the molecule is CCc1nn(CC)c(CNc2cc(C)cc(F)c2)c1Br. The van der Waals surface area contributed by atoms with Gasteiger partial charge < -0.3 is 5.32 Å². The molecule has 0 amide bonds. The molecule has 1 aromatic heterocycles. The third-order valence-corrected chi connectivity index (χ3v) is 4.11. The van der Waals surface area contributed by atoms with Crippen molar-refractivity contribution in [3.8, 4) is 0 Å². The number of aromatic nitrogens is 2. The Balaban J connectivity index is 2.20. The van der Waals surface area contributed by atoms with Gasteiger partial charge >= 0.3 is 0 Å². The van der Waals surface area contributed by atoms with Crippen LogP contribution < -0.4 is 5.32 Å². The normalized spacial score (nSPS) is 10.8. The maximum Gasteiger partial charge on any atom is 0.125 e. The van der Waals surface area contributed by atoms with Gasteiger partial charge in [-0.3, -0.25) is 4.68 Å². The molecule has 3 nitrogen and oxygen atoms in total. The number of rotatable bonds is 5. The number of hydrogen-bond acceptors (Lipinski definition) is 2. The summed E-state index contributed by atoms with van der Waals surface area (Å²) in [6.07, 6.45) is 0.889. The van der Waals surface area contributed by atoms with Gasteiger partial charge in [-0.1, -0.05) is 6.92 Å². The molecule has 1 N–H and O–H groups in total. The van der Waals surface area contributed by atoms with Crippen LogP contribution in [0.1, 0.15) is 30.8 Å². The molecule has 20 heavy (non-hydrogen) atoms. The Kier molecular flexibility index (Phi) is 4.81. The monoisotopic (exact) mass is 339 g/mol. The number of aryl methyl sites for hydroxylation is 3. The van der Waals surface area contributed by atoms with E-state index in [2.05, 4.69) is 40.2 Å². The van der Waals surface area contributed by atoms with Crippen LogP contribution in [0.3, 0.4) is 0 Å². The Morgan fingerprint density at radius 2 is 2.05 bits per heavy atom. The van der Waals surface area contributed by atoms with Crippen molar-refractivity contribution in [3.63, 3.8) is 0 Å². The van der Waals surface area contributed by atoms with Crippen LogP contribution in [0.25, 0.3) is 0 Å². The molecule has 0 aliphatic rings. The van der Waals surface area contributed by atoms with Gasteiger partial charge in [0.15, 0.2) is 0 Å². The summed E-state index contributed by atoms with van der Waals surface area (Å²) in [6.45, 7) is 7.46. The van der Waals surface area contributed by atoms with Crippen molar-refractivity contribution in [3.05, 3.63) is 45.4 Å². The van der Waals surface area contributed by atoms with E-state index in [9.17, 15) is 4.39 Å². The molecule has 0 aliphatic heterocycles. The summed E-state index contributed by atoms with van der Waals surface area (Å²) in [4.78, 5) is 0. The van der Waals surface area contributed by atoms with Crippen LogP contribution in [0.4, 0.5) is 10.1 Å². The Hall–Kier alpha value is -1.36. The smallest absolute Gasteiger partial charge is 0.125 e. The highest BCUT2D eigenvalue weighted by Crippen LogP contribution is 2.23. The molecule has 0 unspecified atom stereocenters. The van der Waals surface area contributed by atoms with Crippen molar-refractivity contribution in [1.82, 2.24) is 9.78 Å². The molecule has 0 aliphatic carbocycles. The van der Waals surface area contributed by atoms with Gasteiger partial charge in [-0.2, -0.15) is 5.10 Å². The zero-order chi connectivity index (χ0) is 14.7. The van der Waals surface area contributed by atoms with E-state index in [-0.39, 0.29) is 5.82 Å². The fraction of sp³-hybridized carbons (Fsp3) is 0.400. The van der Waals surface area contributed by atoms with Crippen LogP contribution >= 0.6 is 15.9 Å². The lowest BCUT2D eigenvalue weighted by atomic mass is 10.2. The molecule has 0 radical (unpaired) electrons. The summed E-state index contributed by atoms with van der Waals surface area (Å²) in [5.74, 6) is -0.218. The molecule has 2 aromatic rings. The standard InChI is InChI=1S/C15H19BrFN3/c1-4-13-15(16)14(20(5-2)19-13)9-18-12-7-10(3)6-11(17)8-12/h6-8,18H,4-5,9H2,1-3H3. The molecule has 1 heterocycles. The summed E-state index contributed by atoms with van der Waals surface area (Å²) in [7, 11) is 0. The molecule has 0 atom stereocenters. The van der Waals surface area contributed by atoms with Crippen LogP contribution in [0, 0.1) is 12.7 Å². The summed E-state index contributed by atoms with van der Waals surface area (Å²) in [5.41, 5.74) is 3.84. The minimum atomic E-state index is -0.218. The van der Waals surface area contributed by atoms with E-state index in [1.54, 1.807) is 0 Å². The van der Waals surface area contributed by atoms with Crippen LogP contribution in [-0.4, -0.2) is 9.78 Å². The molecule has 2 rings (SSSR count). The van der Waals surface area contributed by atoms with Gasteiger partial charge in [0, 0.05) is 12.2 Å². The van der Waals surface area contributed by atoms with Gasteiger partial charge in [-0.15, -0.1) is 0 Å². The summed E-state index contributed by atoms with van der Waals surface area (Å²) in [5, 5.41) is 7.81. The second kappa shape index (κ2) is 6.39. The molecule has 1 aromatic carbocycles. The first-order valence-electron chi connectivity index (χ1n) is 6.80. The number of nitrogens with zero attached hydrogens (tertiary/aromatic N) is 2. The minimum Gasteiger partial charge on any atom is -0.379 e. The zero-order valence-electron chi connectivity index (χ0n) is 12.0. The number of halogens is 2. The van der Waals surface area contributed by atoms with Gasteiger partial charge in [0.1, 0.15) is 5.82 Å². The third kappa shape index (κ3) is 3.20. The summed E-state index contributed by atoms with van der Waals surface area (Å²) < 4.78 is 16.4. The van der Waals surface area contributed by atoms with Crippen LogP contribution in [0.15, 0.2) is 22.7 Å². The first-order chi connectivity index (χ1) is 9.55. The number of benzene rings is 1. The Morgan fingerprint density at radius 3 is 2.65 bits per heavy atom. The second-order valence-electron chi connectivity index (χ2n) is 4.75. The van der Waals surface area contributed by atoms with Crippen molar-refractivity contribution in [1.29, 1.82) is 0 Å². The Bertz CT molecular complexity index is 587. The quantitative estimate of drug-likeness (QED) is 0.880. The molecule has 5 heteroatoms. The predicted octanol–water partition coefficient (Wildman–Crippen LogP) is 4.29. The van der Waals surface area contributed by atoms with E-state index in [4.69, 9.17) is 0 Å². The first kappa shape index (κ1) is 15.0. The van der Waals surface area contributed by atoms with Crippen LogP contribution in [0.2, 0.25) is 0 Å². The highest BCUT2D eigenvalue weighted by atomic mass is 79.9. The largest absolute Gasteiger partial charge is 0.379 e. The molecule has 108 valence electrons. The van der Waals surface area contributed by atoms with Crippen molar-refractivity contribution in [2.24, 2.45) is 0 Å². The minimum absolute atomic E-state index is 0.218. The van der Waals surface area contributed by atoms with E-state index < -0.39 is 0 Å². The lowest BCUT2D eigenvalue weighted by Crippen LogP contribution is -2.08. The topological polar surface area (TPSA) is 29.9 Å².